The minimum Gasteiger partial charge on any atom is -0.871 e. The fourth-order valence-corrected chi connectivity index (χ4v) is 17.9. The highest BCUT2D eigenvalue weighted by Crippen LogP contribution is 2.54. The highest BCUT2D eigenvalue weighted by atomic mass is 31.2. The zero-order chi connectivity index (χ0) is 85.3. The molecular formula is C98H140N4O10P2. The Bertz CT molecular complexity index is 4600. The lowest BCUT2D eigenvalue weighted by Crippen LogP contribution is -2.42. The van der Waals surface area contributed by atoms with Gasteiger partial charge < -0.3 is 38.7 Å². The zero-order valence-corrected chi connectivity index (χ0v) is 77.9. The number of nitrogens with one attached hydrogen (secondary N) is 2. The summed E-state index contributed by atoms with van der Waals surface area (Å²) in [5.74, 6) is 1.35. The van der Waals surface area contributed by atoms with E-state index >= 15 is 9.90 Å². The molecule has 6 aromatic rings. The molecule has 2 unspecified atom stereocenters. The number of nitrogens with zero attached hydrogens (tertiary/aromatic N) is 2. The minimum absolute atomic E-state index is 0.00290. The predicted molar refractivity (Wildman–Crippen MR) is 475 cm³/mol. The molecule has 0 aromatic heterocycles. The smallest absolute Gasteiger partial charge is 0.463 e. The molecule has 622 valence electrons. The van der Waals surface area contributed by atoms with Crippen molar-refractivity contribution in [3.63, 3.8) is 0 Å². The van der Waals surface area contributed by atoms with Gasteiger partial charge in [-0.2, -0.15) is 0 Å². The second-order valence-electron chi connectivity index (χ2n) is 42.4. The molecular weight excluding hydrogens is 1460 g/mol. The molecule has 0 fully saturated rings. The van der Waals surface area contributed by atoms with Crippen LogP contribution in [0.2, 0.25) is 0 Å². The molecule has 0 bridgehead atoms. The summed E-state index contributed by atoms with van der Waals surface area (Å²) in [5, 5.41) is 23.4. The van der Waals surface area contributed by atoms with Crippen molar-refractivity contribution in [2.45, 2.75) is 352 Å². The monoisotopic (exact) mass is 1600 g/mol. The maximum absolute atomic E-state index is 15.6. The summed E-state index contributed by atoms with van der Waals surface area (Å²) >= 11 is 0. The van der Waals surface area contributed by atoms with Gasteiger partial charge in [0.25, 0.3) is 0 Å². The van der Waals surface area contributed by atoms with Crippen LogP contribution in [-0.4, -0.2) is 55.0 Å². The van der Waals surface area contributed by atoms with Crippen LogP contribution in [0.1, 0.15) is 335 Å². The zero-order valence-electron chi connectivity index (χ0n) is 76.1. The van der Waals surface area contributed by atoms with Gasteiger partial charge in [-0.25, -0.2) is 4.58 Å². The predicted octanol–water partition coefficient (Wildman–Crippen LogP) is 23.1. The Morgan fingerprint density at radius 2 is 0.825 bits per heavy atom. The molecule has 0 saturated heterocycles. The quantitative estimate of drug-likeness (QED) is 0.0319. The molecule has 0 saturated carbocycles. The number of hydrogen-bond acceptors (Lipinski definition) is 11. The van der Waals surface area contributed by atoms with Gasteiger partial charge in [0, 0.05) is 91.8 Å². The highest BCUT2D eigenvalue weighted by Gasteiger charge is 2.48. The molecule has 9 rings (SSSR count). The number of unbranched alkanes of at least 4 members (excludes halogenated alkanes) is 2. The van der Waals surface area contributed by atoms with E-state index in [4.69, 9.17) is 27.1 Å². The van der Waals surface area contributed by atoms with E-state index in [-0.39, 0.29) is 117 Å². The first-order valence-electron chi connectivity index (χ1n) is 41.8. The largest absolute Gasteiger partial charge is 0.871 e. The molecule has 2 atom stereocenters. The van der Waals surface area contributed by atoms with Gasteiger partial charge in [0.15, 0.2) is 11.8 Å². The van der Waals surface area contributed by atoms with Crippen LogP contribution in [0.25, 0.3) is 11.1 Å². The molecule has 3 aliphatic rings. The lowest BCUT2D eigenvalue weighted by molar-refractivity contribution is -0.292. The van der Waals surface area contributed by atoms with E-state index in [0.29, 0.717) is 70.8 Å². The molecule has 1 aliphatic carbocycles. The minimum atomic E-state index is -2.01. The van der Waals surface area contributed by atoms with Crippen molar-refractivity contribution >= 4 is 63.0 Å². The number of ketones is 1. The number of Topliss-reactive ketones (excluding diaryl/α,β-unsaturated/α-hetero) is 1. The summed E-state index contributed by atoms with van der Waals surface area (Å²) in [6.45, 7) is 75.1. The Morgan fingerprint density at radius 1 is 0.465 bits per heavy atom. The Balaban J connectivity index is 1.00. The van der Waals surface area contributed by atoms with Gasteiger partial charge in [-0.05, 0) is 195 Å². The SMILES string of the molecule is CC(C)N1c2cc(NC(=O)CCCCOP(Oc3ccc(C(C)(C)C)cc3C(C)(C)C)Oc3ccc(C(C)(C)C)cc3C(C)(C)C)c(C3=C([O-])/C(=c4/cc5c(cc4NC(=O)CCCCOP(Oc4ccc(C(C)(C)C)cc4C(C)(C)C)Oc4ccc(C(C)(C)C)cc4C(C)(C)C)=[N+](C(C)C)C(C)C5(C)C)C3=O)cc2C(C)(C)C1C. The van der Waals surface area contributed by atoms with Crippen molar-refractivity contribution in [3.8, 4) is 23.0 Å². The first-order valence-corrected chi connectivity index (χ1v) is 44.0. The molecule has 2 amide bonds. The van der Waals surface area contributed by atoms with E-state index in [2.05, 4.69) is 304 Å². The third kappa shape index (κ3) is 20.2. The summed E-state index contributed by atoms with van der Waals surface area (Å²) in [6.07, 6.45) is 2.17. The van der Waals surface area contributed by atoms with Crippen LogP contribution in [0.15, 0.2) is 103 Å². The van der Waals surface area contributed by atoms with Gasteiger partial charge in [0.1, 0.15) is 29.0 Å². The second kappa shape index (κ2) is 33.4. The molecule has 2 aliphatic heterocycles. The van der Waals surface area contributed by atoms with Crippen LogP contribution in [0.5, 0.6) is 23.0 Å². The summed E-state index contributed by atoms with van der Waals surface area (Å²) in [4.78, 5) is 47.3. The Labute approximate surface area is 688 Å². The standard InChI is InChI=1S/C98H140N4O10P2/c1-59(2)101-61(5)97(31,32)69-55-67(75(57-77(69)101)99-83(103)39-35-37-49-107-113(109-79-45-41-63(89(7,8)9)51-71(79)93(19,20)21)110-80-46-42-64(90(10,11)12)52-72(80)94(22,23)24)85-87(105)86(88(85)106)68-56-70-78(102(60(3)4)62(6)98(70,33)34)58-76(68)100-84(104)40-36-38-50-108-114(111-81-47-43-65(91(13,14)15)53-73(81)95(25,26)27)112-82-48-44-66(92(16,17)18)54-74(82)96(28,29)30/h41-48,51-62H,35-40,49-50H2,1-34H3,(H2,99,100,103,104,105,106). The third-order valence-corrected chi connectivity index (χ3v) is 25.7. The summed E-state index contributed by atoms with van der Waals surface area (Å²) < 4.78 is 43.4. The lowest BCUT2D eigenvalue weighted by atomic mass is 9.76. The van der Waals surface area contributed by atoms with Crippen molar-refractivity contribution in [1.29, 1.82) is 0 Å². The number of anilines is 3. The van der Waals surface area contributed by atoms with Crippen molar-refractivity contribution in [2.75, 3.05) is 28.7 Å². The number of carbonyl (C=O) groups excluding carboxylic acids is 3. The number of allylic oxidation sites excluding steroid dienone is 2. The normalized spacial score (nSPS) is 17.3. The summed E-state index contributed by atoms with van der Waals surface area (Å²) in [5.41, 5.74) is 10.9. The van der Waals surface area contributed by atoms with E-state index in [1.54, 1.807) is 0 Å². The molecule has 14 nitrogen and oxygen atoms in total. The molecule has 114 heavy (non-hydrogen) atoms. The van der Waals surface area contributed by atoms with E-state index in [1.807, 2.05) is 48.5 Å². The highest BCUT2D eigenvalue weighted by molar-refractivity contribution is 7.42. The molecule has 2 heterocycles. The fourth-order valence-electron chi connectivity index (χ4n) is 15.7. The first kappa shape index (κ1) is 90.8. The first-order chi connectivity index (χ1) is 52.2. The number of rotatable bonds is 25. The van der Waals surface area contributed by atoms with Gasteiger partial charge in [-0.1, -0.05) is 234 Å². The number of hydrogen-bond donors (Lipinski definition) is 2. The summed E-state index contributed by atoms with van der Waals surface area (Å²) in [6, 6.07) is 33.8. The third-order valence-electron chi connectivity index (χ3n) is 23.5. The average Bonchev–Trinajstić information content (AvgIpc) is 1.62. The van der Waals surface area contributed by atoms with E-state index in [0.717, 1.165) is 44.4 Å². The maximum atomic E-state index is 15.6. The topological polar surface area (TPSA) is 160 Å². The molecule has 6 aromatic carbocycles. The number of benzene rings is 6. The number of amides is 2. The van der Waals surface area contributed by atoms with Crippen LogP contribution >= 0.6 is 17.2 Å². The number of carbonyl (C=O) groups is 3. The van der Waals surface area contributed by atoms with Gasteiger partial charge in [0.2, 0.25) is 17.2 Å². The molecule has 2 N–H and O–H groups in total. The van der Waals surface area contributed by atoms with Gasteiger partial charge >= 0.3 is 17.2 Å². The Hall–Kier alpha value is -7.08. The molecule has 0 radical (unpaired) electrons. The number of fused-ring (bicyclic) bond motifs is 2. The van der Waals surface area contributed by atoms with Crippen LogP contribution < -0.4 is 53.9 Å². The van der Waals surface area contributed by atoms with Crippen molar-refractivity contribution in [3.05, 3.63) is 175 Å². The second-order valence-corrected chi connectivity index (χ2v) is 44.5. The van der Waals surface area contributed by atoms with Crippen LogP contribution in [-0.2, 0) is 77.6 Å². The Morgan fingerprint density at radius 3 is 1.15 bits per heavy atom. The van der Waals surface area contributed by atoms with Gasteiger partial charge in [-0.15, -0.1) is 0 Å². The van der Waals surface area contributed by atoms with E-state index in [1.165, 1.54) is 22.3 Å². The maximum Gasteiger partial charge on any atom is 0.463 e. The summed E-state index contributed by atoms with van der Waals surface area (Å²) in [7, 11) is -4.01. The average molecular weight is 1600 g/mol. The Kier molecular flexibility index (Phi) is 26.6. The van der Waals surface area contributed by atoms with E-state index < -0.39 is 39.6 Å². The van der Waals surface area contributed by atoms with Crippen LogP contribution in [0.4, 0.5) is 17.1 Å². The lowest BCUT2D eigenvalue weighted by Gasteiger charge is -2.34. The molecule has 16 heteroatoms. The molecule has 0 spiro atoms. The van der Waals surface area contributed by atoms with Crippen LogP contribution in [0.3, 0.4) is 0 Å². The van der Waals surface area contributed by atoms with Gasteiger partial charge in [0.05, 0.1) is 30.0 Å². The van der Waals surface area contributed by atoms with Crippen molar-refractivity contribution in [2.24, 2.45) is 0 Å². The van der Waals surface area contributed by atoms with Gasteiger partial charge in [-0.3, -0.25) is 23.4 Å². The fraction of sp³-hybridized carbons (Fsp3) is 0.571. The van der Waals surface area contributed by atoms with Crippen molar-refractivity contribution < 1.29 is 46.6 Å². The van der Waals surface area contributed by atoms with Crippen molar-refractivity contribution in [1.82, 2.24) is 4.58 Å². The van der Waals surface area contributed by atoms with Crippen LogP contribution in [0, 0.1) is 0 Å². The van der Waals surface area contributed by atoms with E-state index in [9.17, 15) is 9.59 Å².